The summed E-state index contributed by atoms with van der Waals surface area (Å²) in [7, 11) is 0. The Bertz CT molecular complexity index is 733. The standard InChI is InChI=1S/C17H21ClN4O3/c1-2-22-11-14(18)15(20-22)17(24)21-7-5-12(6-8-21)16(23)19-10-13-4-3-9-25-13/h3-4,9,11-12H,2,5-8,10H2,1H3,(H,19,23). The monoisotopic (exact) mass is 364 g/mol. The molecule has 1 N–H and O–H groups in total. The Hall–Kier alpha value is -2.28. The molecule has 0 bridgehead atoms. The Morgan fingerprint density at radius 3 is 2.76 bits per heavy atom. The minimum absolute atomic E-state index is 0.00297. The smallest absolute Gasteiger partial charge is 0.275 e. The number of nitrogens with zero attached hydrogens (tertiary/aromatic N) is 3. The molecule has 0 atom stereocenters. The number of nitrogens with one attached hydrogen (secondary N) is 1. The lowest BCUT2D eigenvalue weighted by Crippen LogP contribution is -2.43. The van der Waals surface area contributed by atoms with Crippen molar-refractivity contribution in [3.05, 3.63) is 41.1 Å². The molecule has 0 unspecified atom stereocenters. The molecular formula is C17H21ClN4O3. The van der Waals surface area contributed by atoms with Crippen LogP contribution in [0.2, 0.25) is 5.02 Å². The quantitative estimate of drug-likeness (QED) is 0.882. The number of rotatable bonds is 5. The summed E-state index contributed by atoms with van der Waals surface area (Å²) < 4.78 is 6.85. The molecule has 25 heavy (non-hydrogen) atoms. The minimum atomic E-state index is -0.174. The number of aryl methyl sites for hydroxylation is 1. The van der Waals surface area contributed by atoms with Crippen LogP contribution in [0.25, 0.3) is 0 Å². The molecule has 2 amide bonds. The lowest BCUT2D eigenvalue weighted by molar-refractivity contribution is -0.126. The highest BCUT2D eigenvalue weighted by Crippen LogP contribution is 2.22. The third kappa shape index (κ3) is 4.04. The molecule has 2 aromatic rings. The van der Waals surface area contributed by atoms with Crippen LogP contribution in [0, 0.1) is 5.92 Å². The van der Waals surface area contributed by atoms with Crippen LogP contribution in [-0.2, 0) is 17.9 Å². The Labute approximate surface area is 150 Å². The maximum absolute atomic E-state index is 12.6. The van der Waals surface area contributed by atoms with E-state index in [-0.39, 0.29) is 23.4 Å². The zero-order chi connectivity index (χ0) is 17.8. The number of hydrogen-bond acceptors (Lipinski definition) is 4. The molecule has 1 aliphatic heterocycles. The summed E-state index contributed by atoms with van der Waals surface area (Å²) in [5.41, 5.74) is 0.282. The number of aromatic nitrogens is 2. The highest BCUT2D eigenvalue weighted by atomic mass is 35.5. The maximum atomic E-state index is 12.6. The molecule has 2 aromatic heterocycles. The molecule has 1 saturated heterocycles. The second-order valence-electron chi connectivity index (χ2n) is 6.04. The second-order valence-corrected chi connectivity index (χ2v) is 6.45. The molecule has 0 spiro atoms. The van der Waals surface area contributed by atoms with Crippen LogP contribution in [0.1, 0.15) is 36.0 Å². The van der Waals surface area contributed by atoms with E-state index in [9.17, 15) is 9.59 Å². The van der Waals surface area contributed by atoms with Crippen molar-refractivity contribution in [2.75, 3.05) is 13.1 Å². The van der Waals surface area contributed by atoms with E-state index >= 15 is 0 Å². The lowest BCUT2D eigenvalue weighted by Gasteiger charge is -2.30. The van der Waals surface area contributed by atoms with E-state index in [0.29, 0.717) is 44.0 Å². The normalized spacial score (nSPS) is 15.4. The topological polar surface area (TPSA) is 80.4 Å². The van der Waals surface area contributed by atoms with Crippen LogP contribution in [-0.4, -0.2) is 39.6 Å². The first-order valence-corrected chi connectivity index (χ1v) is 8.78. The van der Waals surface area contributed by atoms with E-state index in [2.05, 4.69) is 10.4 Å². The van der Waals surface area contributed by atoms with Gasteiger partial charge in [-0.05, 0) is 31.9 Å². The van der Waals surface area contributed by atoms with Gasteiger partial charge in [0, 0.05) is 31.7 Å². The molecule has 134 valence electrons. The zero-order valence-electron chi connectivity index (χ0n) is 14.1. The highest BCUT2D eigenvalue weighted by molar-refractivity contribution is 6.33. The van der Waals surface area contributed by atoms with E-state index in [4.69, 9.17) is 16.0 Å². The van der Waals surface area contributed by atoms with Gasteiger partial charge in [0.2, 0.25) is 5.91 Å². The summed E-state index contributed by atoms with van der Waals surface area (Å²) in [6.07, 6.45) is 4.49. The number of amides is 2. The summed E-state index contributed by atoms with van der Waals surface area (Å²) in [6.45, 7) is 4.02. The summed E-state index contributed by atoms with van der Waals surface area (Å²) in [4.78, 5) is 26.5. The van der Waals surface area contributed by atoms with Crippen molar-refractivity contribution in [2.24, 2.45) is 5.92 Å². The Morgan fingerprint density at radius 2 is 2.16 bits per heavy atom. The predicted octanol–water partition coefficient (Wildman–Crippen LogP) is 2.32. The Balaban J connectivity index is 1.51. The number of carbonyl (C=O) groups excluding carboxylic acids is 2. The highest BCUT2D eigenvalue weighted by Gasteiger charge is 2.29. The van der Waals surface area contributed by atoms with Crippen molar-refractivity contribution in [1.82, 2.24) is 20.0 Å². The van der Waals surface area contributed by atoms with E-state index in [1.54, 1.807) is 28.1 Å². The number of furan rings is 1. The fraction of sp³-hybridized carbons (Fsp3) is 0.471. The maximum Gasteiger partial charge on any atom is 0.275 e. The molecule has 0 saturated carbocycles. The average Bonchev–Trinajstić information content (AvgIpc) is 3.28. The van der Waals surface area contributed by atoms with Crippen molar-refractivity contribution in [2.45, 2.75) is 32.9 Å². The van der Waals surface area contributed by atoms with Crippen molar-refractivity contribution >= 4 is 23.4 Å². The fourth-order valence-electron chi connectivity index (χ4n) is 2.93. The van der Waals surface area contributed by atoms with Gasteiger partial charge >= 0.3 is 0 Å². The first-order valence-electron chi connectivity index (χ1n) is 8.40. The Kier molecular flexibility index (Phi) is 5.43. The molecule has 0 aliphatic carbocycles. The number of carbonyl (C=O) groups is 2. The van der Waals surface area contributed by atoms with Gasteiger partial charge in [0.25, 0.3) is 5.91 Å². The second kappa shape index (κ2) is 7.74. The number of hydrogen-bond donors (Lipinski definition) is 1. The molecule has 8 heteroatoms. The van der Waals surface area contributed by atoms with Gasteiger partial charge in [-0.2, -0.15) is 5.10 Å². The van der Waals surface area contributed by atoms with E-state index < -0.39 is 0 Å². The SMILES string of the molecule is CCn1cc(Cl)c(C(=O)N2CCC(C(=O)NCc3ccco3)CC2)n1. The summed E-state index contributed by atoms with van der Waals surface area (Å²) in [5, 5.41) is 7.46. The molecule has 1 aliphatic rings. The van der Waals surface area contributed by atoms with E-state index in [0.717, 1.165) is 5.76 Å². The van der Waals surface area contributed by atoms with E-state index in [1.165, 1.54) is 0 Å². The molecule has 7 nitrogen and oxygen atoms in total. The largest absolute Gasteiger partial charge is 0.467 e. The van der Waals surface area contributed by atoms with Gasteiger partial charge < -0.3 is 14.6 Å². The summed E-state index contributed by atoms with van der Waals surface area (Å²) in [5.74, 6) is 0.452. The predicted molar refractivity (Wildman–Crippen MR) is 92.1 cm³/mol. The van der Waals surface area contributed by atoms with Gasteiger partial charge in [-0.1, -0.05) is 11.6 Å². The molecule has 0 radical (unpaired) electrons. The number of halogens is 1. The van der Waals surface area contributed by atoms with Crippen LogP contribution < -0.4 is 5.32 Å². The molecule has 3 rings (SSSR count). The minimum Gasteiger partial charge on any atom is -0.467 e. The first-order chi connectivity index (χ1) is 12.1. The van der Waals surface area contributed by atoms with E-state index in [1.807, 2.05) is 13.0 Å². The molecule has 1 fully saturated rings. The third-order valence-electron chi connectivity index (χ3n) is 4.41. The van der Waals surface area contributed by atoms with Gasteiger partial charge in [0.05, 0.1) is 17.8 Å². The lowest BCUT2D eigenvalue weighted by atomic mass is 9.95. The molecular weight excluding hydrogens is 344 g/mol. The molecule has 3 heterocycles. The van der Waals surface area contributed by atoms with Crippen LogP contribution in [0.4, 0.5) is 0 Å². The zero-order valence-corrected chi connectivity index (χ0v) is 14.8. The van der Waals surface area contributed by atoms with Crippen LogP contribution in [0.15, 0.2) is 29.0 Å². The number of likely N-dealkylation sites (tertiary alicyclic amines) is 1. The van der Waals surface area contributed by atoms with Gasteiger partial charge in [0.15, 0.2) is 5.69 Å². The van der Waals surface area contributed by atoms with Gasteiger partial charge in [-0.25, -0.2) is 0 Å². The van der Waals surface area contributed by atoms with Crippen LogP contribution >= 0.6 is 11.6 Å². The van der Waals surface area contributed by atoms with Crippen molar-refractivity contribution in [3.63, 3.8) is 0 Å². The summed E-state index contributed by atoms with van der Waals surface area (Å²) in [6, 6.07) is 3.61. The van der Waals surface area contributed by atoms with Gasteiger partial charge in [-0.3, -0.25) is 14.3 Å². The van der Waals surface area contributed by atoms with Crippen molar-refractivity contribution in [1.29, 1.82) is 0 Å². The Morgan fingerprint density at radius 1 is 1.40 bits per heavy atom. The van der Waals surface area contributed by atoms with Crippen LogP contribution in [0.5, 0.6) is 0 Å². The summed E-state index contributed by atoms with van der Waals surface area (Å²) >= 11 is 6.10. The van der Waals surface area contributed by atoms with Crippen molar-refractivity contribution in [3.8, 4) is 0 Å². The molecule has 0 aromatic carbocycles. The fourth-order valence-corrected chi connectivity index (χ4v) is 3.16. The van der Waals surface area contributed by atoms with Crippen molar-refractivity contribution < 1.29 is 14.0 Å². The van der Waals surface area contributed by atoms with Gasteiger partial charge in [0.1, 0.15) is 5.76 Å². The first kappa shape index (κ1) is 17.5. The third-order valence-corrected chi connectivity index (χ3v) is 4.69. The van der Waals surface area contributed by atoms with Gasteiger partial charge in [-0.15, -0.1) is 0 Å². The van der Waals surface area contributed by atoms with Crippen LogP contribution in [0.3, 0.4) is 0 Å². The number of piperidine rings is 1. The average molecular weight is 365 g/mol.